The van der Waals surface area contributed by atoms with Crippen LogP contribution in [0.5, 0.6) is 0 Å². The molecule has 3 N–H and O–H groups in total. The van der Waals surface area contributed by atoms with Crippen LogP contribution in [-0.4, -0.2) is 36.2 Å². The molecule has 1 aromatic rings. The van der Waals surface area contributed by atoms with Crippen LogP contribution in [0, 0.1) is 0 Å². The molecule has 0 saturated carbocycles. The van der Waals surface area contributed by atoms with Crippen LogP contribution in [0.2, 0.25) is 0 Å². The normalized spacial score (nSPS) is 20.4. The van der Waals surface area contributed by atoms with Gasteiger partial charge in [-0.05, 0) is 6.07 Å². The van der Waals surface area contributed by atoms with E-state index in [1.807, 2.05) is 0 Å². The van der Waals surface area contributed by atoms with Gasteiger partial charge in [-0.3, -0.25) is 9.78 Å². The summed E-state index contributed by atoms with van der Waals surface area (Å²) in [4.78, 5) is 17.0. The molecule has 1 saturated heterocycles. The van der Waals surface area contributed by atoms with Gasteiger partial charge in [-0.1, -0.05) is 0 Å². The van der Waals surface area contributed by atoms with Crippen molar-refractivity contribution in [3.05, 3.63) is 24.0 Å². The quantitative estimate of drug-likeness (QED) is 0.729. The summed E-state index contributed by atoms with van der Waals surface area (Å²) in [6.07, 6.45) is 2.78. The molecule has 18 heavy (non-hydrogen) atoms. The molecule has 7 nitrogen and oxygen atoms in total. The molecule has 0 aromatic carbocycles. The number of aliphatic hydroxyl groups excluding tert-OH is 1. The topological polar surface area (TPSA) is 114 Å². The van der Waals surface area contributed by atoms with Crippen molar-refractivity contribution in [1.29, 1.82) is 0 Å². The number of primary sulfonamides is 1. The molecule has 8 heteroatoms. The maximum atomic E-state index is 11.8. The first-order valence-electron chi connectivity index (χ1n) is 5.29. The molecule has 2 rings (SSSR count). The Kier molecular flexibility index (Phi) is 3.33. The van der Waals surface area contributed by atoms with E-state index in [0.29, 0.717) is 11.3 Å². The third-order valence-electron chi connectivity index (χ3n) is 2.90. The molecule has 1 unspecified atom stereocenters. The van der Waals surface area contributed by atoms with Crippen LogP contribution in [0.1, 0.15) is 12.0 Å². The number of sulfonamides is 1. The fourth-order valence-corrected chi connectivity index (χ4v) is 2.65. The lowest BCUT2D eigenvalue weighted by Gasteiger charge is -2.18. The van der Waals surface area contributed by atoms with Crippen LogP contribution in [0.15, 0.2) is 18.5 Å². The van der Waals surface area contributed by atoms with Crippen molar-refractivity contribution in [3.63, 3.8) is 0 Å². The van der Waals surface area contributed by atoms with Gasteiger partial charge in [0.15, 0.2) is 0 Å². The summed E-state index contributed by atoms with van der Waals surface area (Å²) in [6, 6.07) is 1.58. The van der Waals surface area contributed by atoms with Crippen molar-refractivity contribution >= 4 is 21.6 Å². The van der Waals surface area contributed by atoms with E-state index in [0.717, 1.165) is 0 Å². The fourth-order valence-electron chi connectivity index (χ4n) is 1.92. The number of aliphatic hydroxyl groups is 1. The molecule has 1 aliphatic heterocycles. The molecule has 1 aliphatic rings. The molecule has 2 heterocycles. The highest BCUT2D eigenvalue weighted by atomic mass is 32.2. The fraction of sp³-hybridized carbons (Fsp3) is 0.400. The average Bonchev–Trinajstić information content (AvgIpc) is 2.71. The Hall–Kier alpha value is -1.51. The smallest absolute Gasteiger partial charge is 0.228 e. The van der Waals surface area contributed by atoms with E-state index in [9.17, 15) is 18.3 Å². The number of hydrogen-bond acceptors (Lipinski definition) is 5. The summed E-state index contributed by atoms with van der Waals surface area (Å²) in [5, 5.41) is 13.3. The number of carbonyl (C=O) groups excluding carboxylic acids is 1. The second-order valence-electron chi connectivity index (χ2n) is 4.08. The summed E-state index contributed by atoms with van der Waals surface area (Å²) in [5.41, 5.74) is 0.949. The van der Waals surface area contributed by atoms with Crippen molar-refractivity contribution in [3.8, 4) is 0 Å². The number of anilines is 1. The second-order valence-corrected chi connectivity index (χ2v) is 5.93. The molecule has 0 radical (unpaired) electrons. The number of nitrogens with two attached hydrogens (primary N) is 1. The Balaban J connectivity index is 2.33. The Labute approximate surface area is 104 Å². The minimum absolute atomic E-state index is 0.00361. The standard InChI is InChI=1S/C10H13N3O4S/c11-18(16,17)8-3-10(15)13(5-8)9-4-12-2-1-7(9)6-14/h1-2,4,8,14H,3,5-6H2,(H2,11,16,17). The molecule has 0 bridgehead atoms. The molecule has 1 atom stereocenters. The first-order valence-corrected chi connectivity index (χ1v) is 6.90. The highest BCUT2D eigenvalue weighted by molar-refractivity contribution is 7.89. The van der Waals surface area contributed by atoms with Crippen LogP contribution in [0.25, 0.3) is 0 Å². The van der Waals surface area contributed by atoms with Crippen LogP contribution in [0.4, 0.5) is 5.69 Å². The molecule has 0 aliphatic carbocycles. The third-order valence-corrected chi connectivity index (χ3v) is 4.15. The molecular weight excluding hydrogens is 258 g/mol. The van der Waals surface area contributed by atoms with Crippen LogP contribution in [0.3, 0.4) is 0 Å². The van der Waals surface area contributed by atoms with Gasteiger partial charge in [-0.25, -0.2) is 13.6 Å². The zero-order chi connectivity index (χ0) is 13.3. The Bertz CT molecular complexity index is 572. The zero-order valence-corrected chi connectivity index (χ0v) is 10.3. The molecule has 98 valence electrons. The third kappa shape index (κ3) is 2.35. The van der Waals surface area contributed by atoms with Crippen LogP contribution in [-0.2, 0) is 21.4 Å². The number of nitrogens with zero attached hydrogens (tertiary/aromatic N) is 2. The van der Waals surface area contributed by atoms with E-state index in [2.05, 4.69) is 4.98 Å². The Morgan fingerprint density at radius 1 is 1.56 bits per heavy atom. The van der Waals surface area contributed by atoms with Gasteiger partial charge in [-0.2, -0.15) is 0 Å². The summed E-state index contributed by atoms with van der Waals surface area (Å²) in [5.74, 6) is -0.336. The van der Waals surface area contributed by atoms with E-state index in [1.54, 1.807) is 6.07 Å². The van der Waals surface area contributed by atoms with Gasteiger partial charge in [-0.15, -0.1) is 0 Å². The molecule has 1 aromatic heterocycles. The van der Waals surface area contributed by atoms with Crippen molar-refractivity contribution in [2.75, 3.05) is 11.4 Å². The lowest BCUT2D eigenvalue weighted by atomic mass is 10.2. The Morgan fingerprint density at radius 2 is 2.28 bits per heavy atom. The monoisotopic (exact) mass is 271 g/mol. The highest BCUT2D eigenvalue weighted by Gasteiger charge is 2.37. The molecule has 1 fully saturated rings. The van der Waals surface area contributed by atoms with Crippen LogP contribution >= 0.6 is 0 Å². The summed E-state index contributed by atoms with van der Waals surface area (Å²) in [6.45, 7) is -0.252. The maximum Gasteiger partial charge on any atom is 0.228 e. The Morgan fingerprint density at radius 3 is 2.83 bits per heavy atom. The SMILES string of the molecule is NS(=O)(=O)C1CC(=O)N(c2cnccc2CO)C1. The number of carbonyl (C=O) groups is 1. The van der Waals surface area contributed by atoms with Gasteiger partial charge in [0.2, 0.25) is 15.9 Å². The minimum Gasteiger partial charge on any atom is -0.392 e. The minimum atomic E-state index is -3.74. The molecular formula is C10H13N3O4S. The van der Waals surface area contributed by atoms with Gasteiger partial charge in [0.25, 0.3) is 0 Å². The van der Waals surface area contributed by atoms with Crippen molar-refractivity contribution in [2.24, 2.45) is 5.14 Å². The van der Waals surface area contributed by atoms with Crippen molar-refractivity contribution in [1.82, 2.24) is 4.98 Å². The van der Waals surface area contributed by atoms with Crippen molar-refractivity contribution < 1.29 is 18.3 Å². The van der Waals surface area contributed by atoms with Gasteiger partial charge >= 0.3 is 0 Å². The van der Waals surface area contributed by atoms with E-state index < -0.39 is 15.3 Å². The predicted molar refractivity (Wildman–Crippen MR) is 64.0 cm³/mol. The summed E-state index contributed by atoms with van der Waals surface area (Å²) < 4.78 is 22.5. The number of amides is 1. The van der Waals surface area contributed by atoms with Crippen LogP contribution < -0.4 is 10.0 Å². The zero-order valence-electron chi connectivity index (χ0n) is 9.48. The highest BCUT2D eigenvalue weighted by Crippen LogP contribution is 2.26. The van der Waals surface area contributed by atoms with Gasteiger partial charge in [0.1, 0.15) is 5.25 Å². The van der Waals surface area contributed by atoms with E-state index in [-0.39, 0.29) is 25.5 Å². The first-order chi connectivity index (χ1) is 8.43. The number of hydrogen-bond donors (Lipinski definition) is 2. The predicted octanol–water partition coefficient (Wildman–Crippen LogP) is -1.03. The first kappa shape index (κ1) is 12.9. The number of pyridine rings is 1. The number of rotatable bonds is 3. The summed E-state index contributed by atoms with van der Waals surface area (Å²) in [7, 11) is -3.74. The average molecular weight is 271 g/mol. The van der Waals surface area contributed by atoms with E-state index in [1.165, 1.54) is 17.3 Å². The van der Waals surface area contributed by atoms with Gasteiger partial charge in [0, 0.05) is 24.7 Å². The lowest BCUT2D eigenvalue weighted by Crippen LogP contribution is -2.32. The lowest BCUT2D eigenvalue weighted by molar-refractivity contribution is -0.117. The van der Waals surface area contributed by atoms with E-state index >= 15 is 0 Å². The van der Waals surface area contributed by atoms with Gasteiger partial charge in [0.05, 0.1) is 18.5 Å². The molecule has 1 amide bonds. The number of aromatic nitrogens is 1. The largest absolute Gasteiger partial charge is 0.392 e. The maximum absolute atomic E-state index is 11.8. The summed E-state index contributed by atoms with van der Waals surface area (Å²) >= 11 is 0. The second kappa shape index (κ2) is 4.63. The van der Waals surface area contributed by atoms with Gasteiger partial charge < -0.3 is 10.0 Å². The van der Waals surface area contributed by atoms with Crippen molar-refractivity contribution in [2.45, 2.75) is 18.3 Å². The molecule has 0 spiro atoms. The van der Waals surface area contributed by atoms with E-state index in [4.69, 9.17) is 5.14 Å².